The van der Waals surface area contributed by atoms with E-state index < -0.39 is 0 Å². The molecule has 1 fully saturated rings. The Balaban J connectivity index is 2.14. The lowest BCUT2D eigenvalue weighted by atomic mass is 10.1. The third-order valence-electron chi connectivity index (χ3n) is 3.11. The summed E-state index contributed by atoms with van der Waals surface area (Å²) in [5, 5.41) is 0. The lowest BCUT2D eigenvalue weighted by Gasteiger charge is -2.15. The maximum absolute atomic E-state index is 11.3. The van der Waals surface area contributed by atoms with E-state index in [1.165, 1.54) is 0 Å². The summed E-state index contributed by atoms with van der Waals surface area (Å²) in [7, 11) is 3.60. The summed E-state index contributed by atoms with van der Waals surface area (Å²) < 4.78 is 0. The van der Waals surface area contributed by atoms with Crippen LogP contribution in [0.25, 0.3) is 0 Å². The fraction of sp³-hybridized carbons (Fsp3) is 0.909. The lowest BCUT2D eigenvalue weighted by molar-refractivity contribution is -0.128. The topological polar surface area (TPSA) is 49.6 Å². The van der Waals surface area contributed by atoms with Crippen molar-refractivity contribution in [1.29, 1.82) is 0 Å². The summed E-state index contributed by atoms with van der Waals surface area (Å²) in [5.41, 5.74) is 5.93. The van der Waals surface area contributed by atoms with Crippen LogP contribution in [0, 0.1) is 5.92 Å². The monoisotopic (exact) mass is 213 g/mol. The zero-order chi connectivity index (χ0) is 11.4. The summed E-state index contributed by atoms with van der Waals surface area (Å²) in [6, 6.07) is 0.314. The van der Waals surface area contributed by atoms with Crippen molar-refractivity contribution in [3.63, 3.8) is 0 Å². The standard InChI is InChI=1S/C11H23N3O/c1-9-7-14(8-10(9)12)6-4-5-11(15)13(2)3/h9-10H,4-8,12H2,1-3H3. The number of hydrogen-bond acceptors (Lipinski definition) is 3. The first-order chi connectivity index (χ1) is 7.00. The second-order valence-electron chi connectivity index (χ2n) is 4.79. The Morgan fingerprint density at radius 3 is 2.60 bits per heavy atom. The molecule has 1 saturated heterocycles. The SMILES string of the molecule is CC1CN(CCCC(=O)N(C)C)CC1N. The van der Waals surface area contributed by atoms with Crippen molar-refractivity contribution in [2.75, 3.05) is 33.7 Å². The predicted molar refractivity (Wildman–Crippen MR) is 61.5 cm³/mol. The molecule has 0 spiro atoms. The van der Waals surface area contributed by atoms with Crippen molar-refractivity contribution in [1.82, 2.24) is 9.80 Å². The molecular formula is C11H23N3O. The molecule has 0 bridgehead atoms. The lowest BCUT2D eigenvalue weighted by Crippen LogP contribution is -2.29. The highest BCUT2D eigenvalue weighted by atomic mass is 16.2. The van der Waals surface area contributed by atoms with Crippen LogP contribution in [0.1, 0.15) is 19.8 Å². The van der Waals surface area contributed by atoms with Gasteiger partial charge in [0.1, 0.15) is 0 Å². The highest BCUT2D eigenvalue weighted by Crippen LogP contribution is 2.14. The summed E-state index contributed by atoms with van der Waals surface area (Å²) in [6.07, 6.45) is 1.59. The van der Waals surface area contributed by atoms with Crippen LogP contribution in [0.15, 0.2) is 0 Å². The van der Waals surface area contributed by atoms with Crippen LogP contribution >= 0.6 is 0 Å². The molecule has 1 aliphatic heterocycles. The van der Waals surface area contributed by atoms with Crippen molar-refractivity contribution in [2.24, 2.45) is 11.7 Å². The molecule has 0 aromatic heterocycles. The molecule has 1 heterocycles. The normalized spacial score (nSPS) is 26.9. The first-order valence-electron chi connectivity index (χ1n) is 5.68. The van der Waals surface area contributed by atoms with Gasteiger partial charge in [0.15, 0.2) is 0 Å². The number of likely N-dealkylation sites (tertiary alicyclic amines) is 1. The Morgan fingerprint density at radius 2 is 2.13 bits per heavy atom. The molecule has 1 rings (SSSR count). The van der Waals surface area contributed by atoms with Crippen LogP contribution in [0.5, 0.6) is 0 Å². The van der Waals surface area contributed by atoms with Crippen LogP contribution in [0.4, 0.5) is 0 Å². The van der Waals surface area contributed by atoms with Gasteiger partial charge in [0.25, 0.3) is 0 Å². The van der Waals surface area contributed by atoms with Crippen molar-refractivity contribution < 1.29 is 4.79 Å². The fourth-order valence-corrected chi connectivity index (χ4v) is 1.96. The average molecular weight is 213 g/mol. The third kappa shape index (κ3) is 3.80. The molecule has 2 N–H and O–H groups in total. The van der Waals surface area contributed by atoms with E-state index in [1.807, 2.05) is 0 Å². The first kappa shape index (κ1) is 12.5. The van der Waals surface area contributed by atoms with E-state index in [2.05, 4.69) is 11.8 Å². The van der Waals surface area contributed by atoms with Crippen LogP contribution in [-0.2, 0) is 4.79 Å². The molecule has 0 saturated carbocycles. The number of nitrogens with two attached hydrogens (primary N) is 1. The fourth-order valence-electron chi connectivity index (χ4n) is 1.96. The van der Waals surface area contributed by atoms with Gasteiger partial charge in [-0.25, -0.2) is 0 Å². The molecule has 4 nitrogen and oxygen atoms in total. The van der Waals surface area contributed by atoms with Crippen molar-refractivity contribution in [3.8, 4) is 0 Å². The van der Waals surface area contributed by atoms with Gasteiger partial charge in [-0.1, -0.05) is 6.92 Å². The van der Waals surface area contributed by atoms with Crippen LogP contribution < -0.4 is 5.73 Å². The molecule has 0 aromatic carbocycles. The quantitative estimate of drug-likeness (QED) is 0.722. The second-order valence-corrected chi connectivity index (χ2v) is 4.79. The summed E-state index contributed by atoms with van der Waals surface area (Å²) in [5.74, 6) is 0.807. The van der Waals surface area contributed by atoms with Crippen LogP contribution in [0.2, 0.25) is 0 Å². The molecule has 4 heteroatoms. The van der Waals surface area contributed by atoms with Gasteiger partial charge in [-0.3, -0.25) is 4.79 Å². The van der Waals surface area contributed by atoms with E-state index in [4.69, 9.17) is 5.73 Å². The largest absolute Gasteiger partial charge is 0.349 e. The molecule has 0 aromatic rings. The van der Waals surface area contributed by atoms with Gasteiger partial charge < -0.3 is 15.5 Å². The minimum absolute atomic E-state index is 0.214. The van der Waals surface area contributed by atoms with Crippen molar-refractivity contribution >= 4 is 5.91 Å². The highest BCUT2D eigenvalue weighted by molar-refractivity contribution is 5.75. The van der Waals surface area contributed by atoms with Crippen molar-refractivity contribution in [2.45, 2.75) is 25.8 Å². The number of carbonyl (C=O) groups is 1. The van der Waals surface area contributed by atoms with Gasteiger partial charge in [0, 0.05) is 39.6 Å². The van der Waals surface area contributed by atoms with E-state index >= 15 is 0 Å². The molecule has 0 radical (unpaired) electrons. The number of nitrogens with zero attached hydrogens (tertiary/aromatic N) is 2. The molecule has 88 valence electrons. The van der Waals surface area contributed by atoms with E-state index in [1.54, 1.807) is 19.0 Å². The molecule has 2 atom stereocenters. The molecule has 1 amide bonds. The highest BCUT2D eigenvalue weighted by Gasteiger charge is 2.25. The van der Waals surface area contributed by atoms with E-state index in [9.17, 15) is 4.79 Å². The Morgan fingerprint density at radius 1 is 1.47 bits per heavy atom. The Kier molecular flexibility index (Phi) is 4.54. The molecule has 15 heavy (non-hydrogen) atoms. The van der Waals surface area contributed by atoms with E-state index in [-0.39, 0.29) is 5.91 Å². The van der Waals surface area contributed by atoms with Crippen LogP contribution in [0.3, 0.4) is 0 Å². The first-order valence-corrected chi connectivity index (χ1v) is 5.68. The van der Waals surface area contributed by atoms with Gasteiger partial charge in [0.2, 0.25) is 5.91 Å². The zero-order valence-corrected chi connectivity index (χ0v) is 10.1. The predicted octanol–water partition coefficient (Wildman–Crippen LogP) is 0.134. The Bertz CT molecular complexity index is 208. The molecular weight excluding hydrogens is 190 g/mol. The Hall–Kier alpha value is -0.610. The van der Waals surface area contributed by atoms with E-state index in [0.29, 0.717) is 18.4 Å². The number of hydrogen-bond donors (Lipinski definition) is 1. The van der Waals surface area contributed by atoms with Crippen molar-refractivity contribution in [3.05, 3.63) is 0 Å². The molecule has 1 aliphatic rings. The smallest absolute Gasteiger partial charge is 0.222 e. The Labute approximate surface area is 92.4 Å². The van der Waals surface area contributed by atoms with Gasteiger partial charge in [0.05, 0.1) is 0 Å². The number of rotatable bonds is 4. The van der Waals surface area contributed by atoms with Gasteiger partial charge in [-0.05, 0) is 18.9 Å². The third-order valence-corrected chi connectivity index (χ3v) is 3.11. The average Bonchev–Trinajstić information content (AvgIpc) is 2.46. The van der Waals surface area contributed by atoms with Crippen LogP contribution in [-0.4, -0.2) is 55.5 Å². The molecule has 2 unspecified atom stereocenters. The summed E-state index contributed by atoms with van der Waals surface area (Å²) in [6.45, 7) is 5.25. The summed E-state index contributed by atoms with van der Waals surface area (Å²) in [4.78, 5) is 15.3. The zero-order valence-electron chi connectivity index (χ0n) is 10.1. The minimum Gasteiger partial charge on any atom is -0.349 e. The second kappa shape index (κ2) is 5.47. The minimum atomic E-state index is 0.214. The maximum Gasteiger partial charge on any atom is 0.222 e. The van der Waals surface area contributed by atoms with Gasteiger partial charge in [-0.2, -0.15) is 0 Å². The van der Waals surface area contributed by atoms with Gasteiger partial charge in [-0.15, -0.1) is 0 Å². The number of carbonyl (C=O) groups excluding carboxylic acids is 1. The van der Waals surface area contributed by atoms with E-state index in [0.717, 1.165) is 26.1 Å². The van der Waals surface area contributed by atoms with Gasteiger partial charge >= 0.3 is 0 Å². The molecule has 0 aliphatic carbocycles. The number of amides is 1. The summed E-state index contributed by atoms with van der Waals surface area (Å²) >= 11 is 0. The maximum atomic E-state index is 11.3.